The van der Waals surface area contributed by atoms with Crippen LogP contribution in [0.1, 0.15) is 40.0 Å². The number of ether oxygens (including phenoxy) is 5. The largest absolute Gasteiger partial charge is 0.493 e. The topological polar surface area (TPSA) is 211 Å². The number of nitrogens with one attached hydrogen (secondary N) is 3. The summed E-state index contributed by atoms with van der Waals surface area (Å²) in [6, 6.07) is 5.25. The summed E-state index contributed by atoms with van der Waals surface area (Å²) >= 11 is 0. The smallest absolute Gasteiger partial charge is 0.288 e. The van der Waals surface area contributed by atoms with Crippen LogP contribution in [0, 0.1) is 0 Å². The van der Waals surface area contributed by atoms with Crippen LogP contribution in [0.4, 0.5) is 11.4 Å². The van der Waals surface area contributed by atoms with Gasteiger partial charge in [-0.25, -0.2) is 0 Å². The second-order valence-corrected chi connectivity index (χ2v) is 19.1. The van der Waals surface area contributed by atoms with Crippen LogP contribution in [0.25, 0.3) is 0 Å². The summed E-state index contributed by atoms with van der Waals surface area (Å²) in [7, 11) is -3.61. The van der Waals surface area contributed by atoms with Gasteiger partial charge < -0.3 is 54.0 Å². The monoisotopic (exact) mass is 817 g/mol. The van der Waals surface area contributed by atoms with Crippen LogP contribution in [0.15, 0.2) is 48.6 Å². The highest BCUT2D eigenvalue weighted by molar-refractivity contribution is 7.86. The number of rotatable bonds is 16. The van der Waals surface area contributed by atoms with Gasteiger partial charge in [-0.15, -0.1) is 0 Å². The number of fused-ring (bicyclic) bond motifs is 4. The van der Waals surface area contributed by atoms with E-state index in [2.05, 4.69) is 29.1 Å². The van der Waals surface area contributed by atoms with E-state index in [4.69, 9.17) is 23.7 Å². The molecule has 0 radical (unpaired) electrons. The Bertz CT molecular complexity index is 2080. The molecule has 4 aliphatic heterocycles. The van der Waals surface area contributed by atoms with Gasteiger partial charge in [0.05, 0.1) is 74.9 Å². The van der Waals surface area contributed by atoms with Crippen molar-refractivity contribution in [1.29, 1.82) is 0 Å². The van der Waals surface area contributed by atoms with Gasteiger partial charge in [0.15, 0.2) is 28.4 Å². The van der Waals surface area contributed by atoms with E-state index in [1.165, 1.54) is 38.4 Å². The van der Waals surface area contributed by atoms with Crippen LogP contribution in [0.3, 0.4) is 0 Å². The van der Waals surface area contributed by atoms with E-state index in [-0.39, 0.29) is 98.4 Å². The van der Waals surface area contributed by atoms with Gasteiger partial charge >= 0.3 is 0 Å². The Balaban J connectivity index is 1.18. The van der Waals surface area contributed by atoms with Gasteiger partial charge in [0.25, 0.3) is 21.9 Å². The van der Waals surface area contributed by atoms with Crippen molar-refractivity contribution in [2.45, 2.75) is 36.7 Å². The highest BCUT2D eigenvalue weighted by Gasteiger charge is 2.46. The van der Waals surface area contributed by atoms with E-state index in [1.807, 2.05) is 0 Å². The predicted octanol–water partition coefficient (Wildman–Crippen LogP) is 3.24. The van der Waals surface area contributed by atoms with Gasteiger partial charge in [0.1, 0.15) is 7.14 Å². The summed E-state index contributed by atoms with van der Waals surface area (Å²) in [5, 5.41) is 7.36. The number of carbonyl (C=O) groups is 3. The molecule has 2 aromatic rings. The third kappa shape index (κ3) is 8.78. The molecule has 6 rings (SSSR count). The quantitative estimate of drug-likeness (QED) is 0.109. The number of hydrogen-bond donors (Lipinski definition) is 4. The zero-order valence-corrected chi connectivity index (χ0v) is 33.3. The lowest BCUT2D eigenvalue weighted by molar-refractivity contribution is -0.121. The van der Waals surface area contributed by atoms with Crippen molar-refractivity contribution < 1.29 is 55.6 Å². The molecular formula is C37H48N5O12PS. The van der Waals surface area contributed by atoms with Crippen LogP contribution in [0.2, 0.25) is 0 Å². The summed E-state index contributed by atoms with van der Waals surface area (Å²) < 4.78 is 77.8. The minimum atomic E-state index is -4.66. The SMILES string of the molecule is C=C1C[C@H]2CNc3cc(OCCP(=O)(CCOc4cc5c(cc4OC)C(=O)N4CC(=C)C[C@H]4C(S(=O)(=O)O)N5)CNC(=O)CCOC)c(OC)cc3C(=O)N2C1. The Labute approximate surface area is 325 Å². The lowest BCUT2D eigenvalue weighted by Gasteiger charge is -2.26. The molecule has 0 spiro atoms. The highest BCUT2D eigenvalue weighted by Crippen LogP contribution is 2.46. The number of nitrogens with zero attached hydrogens (tertiary/aromatic N) is 2. The lowest BCUT2D eigenvalue weighted by Crippen LogP contribution is -2.47. The number of benzene rings is 2. The summed E-state index contributed by atoms with van der Waals surface area (Å²) in [5.41, 5.74) is 2.90. The molecule has 19 heteroatoms. The maximum absolute atomic E-state index is 14.5. The Kier molecular flexibility index (Phi) is 12.2. The van der Waals surface area contributed by atoms with Crippen molar-refractivity contribution in [3.05, 3.63) is 59.7 Å². The van der Waals surface area contributed by atoms with E-state index < -0.39 is 34.6 Å². The Morgan fingerprint density at radius 1 is 0.875 bits per heavy atom. The molecule has 2 saturated heterocycles. The normalized spacial score (nSPS) is 21.3. The zero-order chi connectivity index (χ0) is 40.4. The first-order valence-corrected chi connectivity index (χ1v) is 21.9. The highest BCUT2D eigenvalue weighted by atomic mass is 32.2. The summed E-state index contributed by atoms with van der Waals surface area (Å²) in [6.45, 7) is 9.14. The second-order valence-electron chi connectivity index (χ2n) is 14.3. The summed E-state index contributed by atoms with van der Waals surface area (Å²) in [6.07, 6.45) is 0.834. The summed E-state index contributed by atoms with van der Waals surface area (Å²) in [4.78, 5) is 42.7. The van der Waals surface area contributed by atoms with Gasteiger partial charge in [0.2, 0.25) is 5.91 Å². The first kappa shape index (κ1) is 40.9. The van der Waals surface area contributed by atoms with E-state index in [9.17, 15) is 31.9 Å². The van der Waals surface area contributed by atoms with Gasteiger partial charge in [-0.05, 0) is 25.0 Å². The van der Waals surface area contributed by atoms with Gasteiger partial charge in [0, 0.05) is 57.6 Å². The lowest BCUT2D eigenvalue weighted by atomic mass is 10.1. The van der Waals surface area contributed by atoms with E-state index >= 15 is 0 Å². The van der Waals surface area contributed by atoms with Crippen molar-refractivity contribution >= 4 is 46.4 Å². The fraction of sp³-hybridized carbons (Fsp3) is 0.486. The van der Waals surface area contributed by atoms with E-state index in [1.54, 1.807) is 17.0 Å². The number of carbonyl (C=O) groups excluding carboxylic acids is 3. The average molecular weight is 818 g/mol. The molecule has 4 atom stereocenters. The van der Waals surface area contributed by atoms with Crippen molar-refractivity contribution in [2.24, 2.45) is 0 Å². The van der Waals surface area contributed by atoms with E-state index in [0.29, 0.717) is 47.8 Å². The molecule has 17 nitrogen and oxygen atoms in total. The third-order valence-electron chi connectivity index (χ3n) is 10.3. The molecule has 56 heavy (non-hydrogen) atoms. The number of methoxy groups -OCH3 is 3. The van der Waals surface area contributed by atoms with Crippen LogP contribution in [0.5, 0.6) is 23.0 Å². The van der Waals surface area contributed by atoms with Crippen molar-refractivity contribution in [3.8, 4) is 23.0 Å². The molecule has 2 aromatic carbocycles. The van der Waals surface area contributed by atoms with Crippen molar-refractivity contribution in [3.63, 3.8) is 0 Å². The molecule has 2 unspecified atom stereocenters. The standard InChI is InChI=1S/C37H48N5O12PS/c1-22-12-24-18-38-27-16-32(30(51-4)14-25(27)36(44)41(24)19-22)53-8-10-55(46,21-39-34(43)6-7-50-3)11-9-54-33-17-28-26(15-31(33)52-5)37(45)42-20-23(2)13-29(42)35(40-28)56(47,48)49/h14-17,24,29,35,38,40H,1-2,6-13,18-21H2,3-5H3,(H,39,43)(H,47,48,49)/t24-,29-,35?,55?/m0/s1. The fourth-order valence-corrected chi connectivity index (χ4v) is 10.2. The van der Waals surface area contributed by atoms with E-state index in [0.717, 1.165) is 5.57 Å². The maximum Gasteiger partial charge on any atom is 0.288 e. The molecule has 3 amide bonds. The minimum Gasteiger partial charge on any atom is -0.493 e. The van der Waals surface area contributed by atoms with Crippen molar-refractivity contribution in [2.75, 3.05) is 90.0 Å². The molecule has 0 aliphatic carbocycles. The summed E-state index contributed by atoms with van der Waals surface area (Å²) in [5.74, 6) is 0.00610. The van der Waals surface area contributed by atoms with Crippen LogP contribution in [-0.2, 0) is 24.2 Å². The van der Waals surface area contributed by atoms with Crippen LogP contribution in [-0.4, -0.2) is 137 Å². The molecule has 4 N–H and O–H groups in total. The molecule has 0 aromatic heterocycles. The predicted molar refractivity (Wildman–Crippen MR) is 208 cm³/mol. The molecule has 4 heterocycles. The molecule has 0 saturated carbocycles. The Morgan fingerprint density at radius 3 is 2.05 bits per heavy atom. The van der Waals surface area contributed by atoms with Gasteiger partial charge in [-0.3, -0.25) is 18.9 Å². The van der Waals surface area contributed by atoms with Crippen LogP contribution >= 0.6 is 7.14 Å². The minimum absolute atomic E-state index is 0.0124. The molecule has 0 bridgehead atoms. The average Bonchev–Trinajstić information content (AvgIpc) is 3.68. The second kappa shape index (κ2) is 16.8. The first-order valence-electron chi connectivity index (χ1n) is 18.1. The number of hydrogen-bond acceptors (Lipinski definition) is 13. The zero-order valence-electron chi connectivity index (χ0n) is 31.6. The fourth-order valence-electron chi connectivity index (χ4n) is 7.39. The molecule has 4 aliphatic rings. The maximum atomic E-state index is 14.5. The molecular weight excluding hydrogens is 769 g/mol. The number of anilines is 2. The number of amides is 3. The Hall–Kier alpha value is -4.77. The molecule has 304 valence electrons. The van der Waals surface area contributed by atoms with Crippen molar-refractivity contribution in [1.82, 2.24) is 15.1 Å². The third-order valence-corrected chi connectivity index (χ3v) is 14.2. The van der Waals surface area contributed by atoms with Crippen LogP contribution < -0.4 is 34.9 Å². The van der Waals surface area contributed by atoms with Gasteiger partial charge in [-0.1, -0.05) is 24.3 Å². The first-order chi connectivity index (χ1) is 26.6. The van der Waals surface area contributed by atoms with Gasteiger partial charge in [-0.2, -0.15) is 8.42 Å². The molecule has 2 fully saturated rings. The Morgan fingerprint density at radius 2 is 1.45 bits per heavy atom.